The molecule has 6 aliphatic rings. The van der Waals surface area contributed by atoms with Crippen LogP contribution in [0, 0.1) is 29.1 Å². The maximum absolute atomic E-state index is 15.6. The number of anilines is 1. The van der Waals surface area contributed by atoms with Gasteiger partial charge in [-0.2, -0.15) is 0 Å². The van der Waals surface area contributed by atoms with E-state index in [0.717, 1.165) is 105 Å². The Balaban J connectivity index is 0.998. The lowest BCUT2D eigenvalue weighted by Crippen LogP contribution is -2.37. The number of aromatic nitrogens is 2. The number of aliphatic hydroxyl groups excluding tert-OH is 1. The number of nitrogens with zero attached hydrogens (tertiary/aromatic N) is 2. The number of phenols is 3. The fraction of sp³-hybridized carbons (Fsp3) is 0.380. The number of aromatic hydroxyl groups is 3. The van der Waals surface area contributed by atoms with Crippen molar-refractivity contribution in [1.29, 1.82) is 0 Å². The van der Waals surface area contributed by atoms with Gasteiger partial charge in [-0.1, -0.05) is 123 Å². The first-order valence-electron chi connectivity index (χ1n) is 33.4. The number of Topliss-reactive ketones (excluding diaryl/α,β-unsaturated/α-hetero) is 2. The highest BCUT2D eigenvalue weighted by Gasteiger charge is 2.43. The van der Waals surface area contributed by atoms with E-state index in [1.807, 2.05) is 48.5 Å². The number of ketones is 2. The molecule has 6 bridgehead atoms. The Morgan fingerprint density at radius 1 is 0.871 bits per heavy atom. The number of fused-ring (bicyclic) bond motifs is 3. The highest BCUT2D eigenvalue weighted by molar-refractivity contribution is 6.00. The Kier molecular flexibility index (Phi) is 18.0. The molecule has 1 fully saturated rings. The molecule has 13 rings (SSSR count). The third-order valence-electron chi connectivity index (χ3n) is 20.9. The summed E-state index contributed by atoms with van der Waals surface area (Å²) >= 11 is 0. The van der Waals surface area contributed by atoms with Gasteiger partial charge in [0.25, 0.3) is 0 Å². The lowest BCUT2D eigenvalue weighted by Gasteiger charge is -2.43. The van der Waals surface area contributed by atoms with E-state index >= 15 is 4.79 Å². The van der Waals surface area contributed by atoms with Gasteiger partial charge in [0, 0.05) is 110 Å². The number of carbonyl (C=O) groups is 3. The van der Waals surface area contributed by atoms with Crippen LogP contribution in [0.3, 0.4) is 0 Å². The first-order valence-corrected chi connectivity index (χ1v) is 33.4. The number of ether oxygens (including phenoxy) is 3. The summed E-state index contributed by atoms with van der Waals surface area (Å²) in [7, 11) is 1.50. The number of hydrogen-bond donors (Lipinski definition) is 6. The monoisotopic (exact) mass is 1250 g/mol. The van der Waals surface area contributed by atoms with E-state index in [1.165, 1.54) is 25.7 Å². The predicted molar refractivity (Wildman–Crippen MR) is 361 cm³/mol. The largest absolute Gasteiger partial charge is 0.508 e. The first kappa shape index (κ1) is 62.6. The van der Waals surface area contributed by atoms with Gasteiger partial charge in [-0.25, -0.2) is 0 Å². The zero-order valence-corrected chi connectivity index (χ0v) is 53.6. The summed E-state index contributed by atoms with van der Waals surface area (Å²) in [6.07, 6.45) is 24.3. The topological polar surface area (TPSA) is 196 Å². The Morgan fingerprint density at radius 3 is 2.51 bits per heavy atom. The SMILES string of the molecule is CCC(c1ccccc1)c1cc(O)cc(Oc2c(O)cc(C3CC(=O)CC(OC(C)=O)CCC45Cc6c[nH]cc6C(C#CCC4=CC=CC5C)C(c4cccc(O)c4)C4=CCNC(=C4)N(CCC(=O)C4CCCCC4)c4ccc5c6c(n3cc46)CCC5O)cc2OC)c1. The van der Waals surface area contributed by atoms with Crippen LogP contribution in [0.2, 0.25) is 0 Å². The molecular weight excluding hydrogens is 1160 g/mol. The Bertz CT molecular complexity index is 4190. The van der Waals surface area contributed by atoms with Gasteiger partial charge in [0.05, 0.1) is 30.9 Å². The molecule has 480 valence electrons. The molecule has 6 N–H and O–H groups in total. The number of aliphatic hydroxyl groups is 1. The number of hydrogen-bond acceptors (Lipinski definition) is 12. The van der Waals surface area contributed by atoms with Gasteiger partial charge in [0.1, 0.15) is 40.7 Å². The number of nitrogens with one attached hydrogen (secondary N) is 2. The van der Waals surface area contributed by atoms with Crippen molar-refractivity contribution >= 4 is 34.0 Å². The highest BCUT2D eigenvalue weighted by atomic mass is 16.5. The second-order valence-corrected chi connectivity index (χ2v) is 26.5. The van der Waals surface area contributed by atoms with Crippen LogP contribution in [-0.2, 0) is 32.0 Å². The number of rotatable bonds is 13. The molecule has 93 heavy (non-hydrogen) atoms. The number of methoxy groups -OCH3 is 1. The van der Waals surface area contributed by atoms with Gasteiger partial charge < -0.3 is 54.4 Å². The van der Waals surface area contributed by atoms with E-state index < -0.39 is 29.6 Å². The van der Waals surface area contributed by atoms with Crippen LogP contribution in [0.15, 0.2) is 163 Å². The van der Waals surface area contributed by atoms with Crippen molar-refractivity contribution in [2.75, 3.05) is 25.1 Å². The van der Waals surface area contributed by atoms with Crippen molar-refractivity contribution < 1.29 is 49.0 Å². The molecule has 4 aliphatic carbocycles. The van der Waals surface area contributed by atoms with Crippen LogP contribution in [-0.4, -0.2) is 73.8 Å². The van der Waals surface area contributed by atoms with E-state index in [1.54, 1.807) is 24.3 Å². The average Bonchev–Trinajstić information content (AvgIpc) is 1.56. The summed E-state index contributed by atoms with van der Waals surface area (Å²) in [6, 6.07) is 29.3. The van der Waals surface area contributed by atoms with Crippen molar-refractivity contribution in [2.45, 2.75) is 153 Å². The summed E-state index contributed by atoms with van der Waals surface area (Å²) < 4.78 is 21.0. The van der Waals surface area contributed by atoms with Crippen molar-refractivity contribution in [3.63, 3.8) is 0 Å². The van der Waals surface area contributed by atoms with Crippen LogP contribution < -0.4 is 19.7 Å². The molecule has 0 amide bonds. The number of allylic oxidation sites excluding steroid dienone is 6. The van der Waals surface area contributed by atoms with Crippen molar-refractivity contribution in [3.05, 3.63) is 208 Å². The maximum atomic E-state index is 15.6. The van der Waals surface area contributed by atoms with Gasteiger partial charge >= 0.3 is 5.97 Å². The molecular formula is C79H84N4O10. The van der Waals surface area contributed by atoms with Gasteiger partial charge in [-0.3, -0.25) is 14.4 Å². The molecule has 0 radical (unpaired) electrons. The molecule has 2 aromatic heterocycles. The summed E-state index contributed by atoms with van der Waals surface area (Å²) in [4.78, 5) is 49.2. The molecule has 1 saturated carbocycles. The van der Waals surface area contributed by atoms with Crippen molar-refractivity contribution in [1.82, 2.24) is 14.9 Å². The molecule has 7 aromatic rings. The minimum absolute atomic E-state index is 0.00253. The molecule has 5 aromatic carbocycles. The van der Waals surface area contributed by atoms with E-state index in [9.17, 15) is 30.0 Å². The van der Waals surface area contributed by atoms with Gasteiger partial charge in [0.15, 0.2) is 11.5 Å². The average molecular weight is 1250 g/mol. The number of aryl methyl sites for hydroxylation is 1. The summed E-state index contributed by atoms with van der Waals surface area (Å²) in [5, 5.41) is 52.4. The molecule has 8 atom stereocenters. The summed E-state index contributed by atoms with van der Waals surface area (Å²) in [5.74, 6) is 7.48. The standard InChI is InChI=1S/C79H84N4O10/c1-5-63(50-16-8-6-9-17-50)54-36-59(86)42-62(37-54)93-78-73(90)38-55(39-74(78)91-4)70-43-60(87)41-61(92-49(3)84)29-32-79-44-56-45-80-46-66(56)64(24-14-22-57(79)21-12-15-48(79)2)76(52-20-13-23-58(85)35-52)53-30-33-81-75(40-53)82(34-31-71(88)51-18-10-7-11-19-51)68-26-25-65-72(89)28-27-69-77(65)67(68)47-83(69)70/h6,8-9,12-13,15-17,20-21,23,25-26,30,35-40,42,45-48,51,61,63-64,70,72,76,80-81,85-86,89-90H,5,7,10-11,18-19,22,27-29,31-34,41,43-44H2,1-4H3. The smallest absolute Gasteiger partial charge is 0.302 e. The lowest BCUT2D eigenvalue weighted by molar-refractivity contribution is -0.148. The van der Waals surface area contributed by atoms with Crippen LogP contribution >= 0.6 is 0 Å². The first-order chi connectivity index (χ1) is 45.2. The maximum Gasteiger partial charge on any atom is 0.302 e. The second-order valence-electron chi connectivity index (χ2n) is 26.5. The second kappa shape index (κ2) is 26.8. The third-order valence-corrected chi connectivity index (χ3v) is 20.9. The van der Waals surface area contributed by atoms with Crippen molar-refractivity contribution in [3.8, 4) is 46.3 Å². The van der Waals surface area contributed by atoms with Crippen LogP contribution in [0.5, 0.6) is 34.5 Å². The zero-order chi connectivity index (χ0) is 64.5. The minimum Gasteiger partial charge on any atom is -0.508 e. The Morgan fingerprint density at radius 2 is 1.71 bits per heavy atom. The molecule has 1 spiro atoms. The highest BCUT2D eigenvalue weighted by Crippen LogP contribution is 2.53. The number of H-pyrrole nitrogens is 1. The number of dihydropyridines is 1. The third kappa shape index (κ3) is 12.6. The molecule has 4 heterocycles. The Hall–Kier alpha value is -9.19. The van der Waals surface area contributed by atoms with Gasteiger partial charge in [-0.15, -0.1) is 0 Å². The number of phenolic OH excluding ortho intramolecular Hbond substituents is 3. The zero-order valence-electron chi connectivity index (χ0n) is 53.6. The number of aromatic amines is 1. The quantitative estimate of drug-likeness (QED) is 0.0473. The van der Waals surface area contributed by atoms with E-state index in [4.69, 9.17) is 14.2 Å². The van der Waals surface area contributed by atoms with E-state index in [-0.39, 0.29) is 94.9 Å². The summed E-state index contributed by atoms with van der Waals surface area (Å²) in [6.45, 7) is 6.51. The predicted octanol–water partition coefficient (Wildman–Crippen LogP) is 15.4. The van der Waals surface area contributed by atoms with Crippen LogP contribution in [0.4, 0.5) is 5.69 Å². The summed E-state index contributed by atoms with van der Waals surface area (Å²) in [5.41, 5.74) is 9.59. The molecule has 0 saturated heterocycles. The molecule has 14 heteroatoms. The van der Waals surface area contributed by atoms with Gasteiger partial charge in [0.2, 0.25) is 5.75 Å². The lowest BCUT2D eigenvalue weighted by atomic mass is 9.61. The van der Waals surface area contributed by atoms with Gasteiger partial charge in [-0.05, 0) is 150 Å². The van der Waals surface area contributed by atoms with Crippen LogP contribution in [0.25, 0.3) is 10.8 Å². The van der Waals surface area contributed by atoms with E-state index in [2.05, 4.69) is 113 Å². The molecule has 14 nitrogen and oxygen atoms in total. The van der Waals surface area contributed by atoms with Crippen molar-refractivity contribution in [2.24, 2.45) is 17.3 Å². The fourth-order valence-electron chi connectivity index (χ4n) is 16.3. The number of esters is 1. The molecule has 8 unspecified atom stereocenters. The normalized spacial score (nSPS) is 23.5. The van der Waals surface area contributed by atoms with Crippen LogP contribution in [0.1, 0.15) is 179 Å². The molecule has 2 aliphatic heterocycles. The minimum atomic E-state index is -0.795. The van der Waals surface area contributed by atoms with E-state index in [0.29, 0.717) is 57.2 Å². The number of carbonyl (C=O) groups excluding carboxylic acids is 3. The number of benzene rings is 5. The Labute approximate surface area is 544 Å². The fourth-order valence-corrected chi connectivity index (χ4v) is 16.3.